The topological polar surface area (TPSA) is 0 Å². The lowest BCUT2D eigenvalue weighted by atomic mass is 9.83. The highest BCUT2D eigenvalue weighted by molar-refractivity contribution is 6.32. The molecule has 0 aliphatic heterocycles. The van der Waals surface area contributed by atoms with Crippen LogP contribution < -0.4 is 0 Å². The predicted octanol–water partition coefficient (Wildman–Crippen LogP) is 7.09. The lowest BCUT2D eigenvalue weighted by molar-refractivity contribution is 1.34. The molecule has 5 aromatic carbocycles. The Kier molecular flexibility index (Phi) is 2.19. The Morgan fingerprint density at radius 3 is 2.42 bits per heavy atom. The Morgan fingerprint density at radius 1 is 0.654 bits per heavy atom. The number of hydrogen-bond donors (Lipinski definition) is 0. The monoisotopic (exact) mass is 328 g/mol. The predicted molar refractivity (Wildman–Crippen MR) is 113 cm³/mol. The molecular formula is C26H16. The number of benzene rings is 4. The van der Waals surface area contributed by atoms with E-state index in [2.05, 4.69) is 72.8 Å². The summed E-state index contributed by atoms with van der Waals surface area (Å²) in [5, 5.41) is 11.4. The maximum atomic E-state index is 2.41. The first-order chi connectivity index (χ1) is 12.9. The summed E-state index contributed by atoms with van der Waals surface area (Å²) in [4.78, 5) is 0. The summed E-state index contributed by atoms with van der Waals surface area (Å²) < 4.78 is 0. The van der Waals surface area contributed by atoms with Gasteiger partial charge in [-0.1, -0.05) is 66.8 Å². The molecule has 0 nitrogen and oxygen atoms in total. The Hall–Kier alpha value is -3.12. The molecule has 0 saturated carbocycles. The fourth-order valence-electron chi connectivity index (χ4n) is 5.27. The van der Waals surface area contributed by atoms with E-state index in [-0.39, 0.29) is 0 Å². The van der Waals surface area contributed by atoms with Gasteiger partial charge in [0.15, 0.2) is 0 Å². The van der Waals surface area contributed by atoms with Gasteiger partial charge in [0.2, 0.25) is 0 Å². The molecule has 120 valence electrons. The van der Waals surface area contributed by atoms with Gasteiger partial charge in [-0.15, -0.1) is 0 Å². The molecule has 2 aliphatic carbocycles. The van der Waals surface area contributed by atoms with E-state index in [1.54, 1.807) is 5.56 Å². The number of hydrogen-bond acceptors (Lipinski definition) is 0. The van der Waals surface area contributed by atoms with Crippen LogP contribution in [0.2, 0.25) is 0 Å². The van der Waals surface area contributed by atoms with Crippen LogP contribution in [-0.4, -0.2) is 0 Å². The second-order valence-corrected chi connectivity index (χ2v) is 7.66. The average Bonchev–Trinajstić information content (AvgIpc) is 3.33. The third-order valence-electron chi connectivity index (χ3n) is 6.42. The van der Waals surface area contributed by atoms with Crippen molar-refractivity contribution < 1.29 is 0 Å². The van der Waals surface area contributed by atoms with Gasteiger partial charge in [-0.05, 0) is 84.3 Å². The summed E-state index contributed by atoms with van der Waals surface area (Å²) in [6.07, 6.45) is 13.4. The quantitative estimate of drug-likeness (QED) is 0.288. The van der Waals surface area contributed by atoms with Gasteiger partial charge in [0, 0.05) is 0 Å². The highest BCUT2D eigenvalue weighted by Gasteiger charge is 2.22. The van der Waals surface area contributed by atoms with Crippen molar-refractivity contribution in [3.05, 3.63) is 83.5 Å². The Labute approximate surface area is 151 Å². The second-order valence-electron chi connectivity index (χ2n) is 7.66. The molecule has 0 radical (unpaired) electrons. The number of fused-ring (bicyclic) bond motifs is 5. The lowest BCUT2D eigenvalue weighted by Crippen LogP contribution is -1.96. The van der Waals surface area contributed by atoms with Crippen LogP contribution in [0, 0.1) is 0 Å². The van der Waals surface area contributed by atoms with Crippen LogP contribution in [0.1, 0.15) is 23.1 Å². The van der Waals surface area contributed by atoms with E-state index >= 15 is 0 Å². The normalized spacial score (nSPS) is 16.1. The third-order valence-corrected chi connectivity index (χ3v) is 6.42. The van der Waals surface area contributed by atoms with E-state index in [4.69, 9.17) is 0 Å². The van der Waals surface area contributed by atoms with Crippen LogP contribution in [0.3, 0.4) is 0 Å². The van der Waals surface area contributed by atoms with Crippen molar-refractivity contribution in [3.63, 3.8) is 0 Å². The fourth-order valence-corrected chi connectivity index (χ4v) is 5.27. The summed E-state index contributed by atoms with van der Waals surface area (Å²) >= 11 is 0. The standard InChI is InChI=1S/C26H16/c1-2-5-15(4-1)18-11-8-16-9-13-22-25-17(10-12-21(18)24(16)25)14-23-19-6-3-7-20(19)26(22)23/h1-4,6,8-14H,5,7H2. The zero-order valence-corrected chi connectivity index (χ0v) is 14.3. The zero-order valence-electron chi connectivity index (χ0n) is 14.3. The summed E-state index contributed by atoms with van der Waals surface area (Å²) in [6.45, 7) is 0. The van der Waals surface area contributed by atoms with E-state index in [1.165, 1.54) is 59.8 Å². The van der Waals surface area contributed by atoms with Crippen molar-refractivity contribution >= 4 is 54.7 Å². The minimum atomic E-state index is 1.04. The first kappa shape index (κ1) is 13.1. The number of allylic oxidation sites excluding steroid dienone is 5. The van der Waals surface area contributed by atoms with E-state index in [0.717, 1.165) is 12.8 Å². The Bertz CT molecular complexity index is 1460. The third kappa shape index (κ3) is 1.40. The highest BCUT2D eigenvalue weighted by atomic mass is 14.3. The van der Waals surface area contributed by atoms with Crippen LogP contribution >= 0.6 is 0 Å². The Balaban J connectivity index is 1.69. The molecule has 0 atom stereocenters. The molecule has 0 fully saturated rings. The van der Waals surface area contributed by atoms with Gasteiger partial charge >= 0.3 is 0 Å². The molecule has 0 N–H and O–H groups in total. The molecule has 0 heterocycles. The smallest absolute Gasteiger partial charge is 0.00200 e. The van der Waals surface area contributed by atoms with Crippen LogP contribution in [0.15, 0.2) is 66.8 Å². The van der Waals surface area contributed by atoms with Crippen molar-refractivity contribution in [1.82, 2.24) is 0 Å². The molecule has 2 aliphatic rings. The summed E-state index contributed by atoms with van der Waals surface area (Å²) in [5.41, 5.74) is 5.83. The molecule has 0 heteroatoms. The molecule has 5 aromatic rings. The average molecular weight is 328 g/mol. The largest absolute Gasteiger partial charge is 0.0801 e. The van der Waals surface area contributed by atoms with E-state index in [9.17, 15) is 0 Å². The van der Waals surface area contributed by atoms with Crippen molar-refractivity contribution in [1.29, 1.82) is 0 Å². The maximum absolute atomic E-state index is 2.41. The maximum Gasteiger partial charge on any atom is -0.00200 e. The van der Waals surface area contributed by atoms with Crippen molar-refractivity contribution in [3.8, 4) is 0 Å². The van der Waals surface area contributed by atoms with Crippen molar-refractivity contribution in [2.75, 3.05) is 0 Å². The Morgan fingerprint density at radius 2 is 1.50 bits per heavy atom. The van der Waals surface area contributed by atoms with Gasteiger partial charge in [-0.25, -0.2) is 0 Å². The minimum Gasteiger partial charge on any atom is -0.0801 e. The van der Waals surface area contributed by atoms with Crippen molar-refractivity contribution in [2.24, 2.45) is 0 Å². The SMILES string of the molecule is C1=CCC(c2ccc3ccc4c5c6c(c5cc5ccc2c3c54)C=CC6)=C1. The second kappa shape index (κ2) is 4.34. The molecule has 7 rings (SSSR count). The van der Waals surface area contributed by atoms with Crippen molar-refractivity contribution in [2.45, 2.75) is 12.8 Å². The lowest BCUT2D eigenvalue weighted by Gasteiger charge is -2.20. The highest BCUT2D eigenvalue weighted by Crippen LogP contribution is 2.47. The molecule has 0 spiro atoms. The first-order valence-corrected chi connectivity index (χ1v) is 9.41. The van der Waals surface area contributed by atoms with E-state index < -0.39 is 0 Å². The molecule has 0 unspecified atom stereocenters. The summed E-state index contributed by atoms with van der Waals surface area (Å²) in [6, 6.07) is 16.3. The molecular weight excluding hydrogens is 312 g/mol. The van der Waals surface area contributed by atoms with Gasteiger partial charge in [0.1, 0.15) is 0 Å². The van der Waals surface area contributed by atoms with Crippen LogP contribution in [0.25, 0.3) is 54.7 Å². The first-order valence-electron chi connectivity index (χ1n) is 9.41. The van der Waals surface area contributed by atoms with E-state index in [0.29, 0.717) is 0 Å². The zero-order chi connectivity index (χ0) is 16.8. The minimum absolute atomic E-state index is 1.04. The summed E-state index contributed by atoms with van der Waals surface area (Å²) in [7, 11) is 0. The molecule has 0 bridgehead atoms. The fraction of sp³-hybridized carbons (Fsp3) is 0.0769. The molecule has 0 aromatic heterocycles. The van der Waals surface area contributed by atoms with Gasteiger partial charge in [0.25, 0.3) is 0 Å². The molecule has 26 heavy (non-hydrogen) atoms. The van der Waals surface area contributed by atoms with Crippen LogP contribution in [-0.2, 0) is 6.42 Å². The van der Waals surface area contributed by atoms with Gasteiger partial charge in [-0.2, -0.15) is 0 Å². The molecule has 0 saturated heterocycles. The van der Waals surface area contributed by atoms with Gasteiger partial charge in [-0.3, -0.25) is 0 Å². The van der Waals surface area contributed by atoms with Gasteiger partial charge < -0.3 is 0 Å². The molecule has 0 amide bonds. The van der Waals surface area contributed by atoms with Crippen LogP contribution in [0.5, 0.6) is 0 Å². The van der Waals surface area contributed by atoms with Gasteiger partial charge in [0.05, 0.1) is 0 Å². The number of rotatable bonds is 1. The summed E-state index contributed by atoms with van der Waals surface area (Å²) in [5.74, 6) is 0. The van der Waals surface area contributed by atoms with Crippen LogP contribution in [0.4, 0.5) is 0 Å². The van der Waals surface area contributed by atoms with E-state index in [1.807, 2.05) is 0 Å².